The molecule has 2 rings (SSSR count). The number of carbonyl (C=O) groups is 2. The SMILES string of the molecule is NC(=O)C1CC(=O)N(c2cc(N)ccc2S(=O)(=O)O)C1. The fourth-order valence-corrected chi connectivity index (χ4v) is 2.77. The van der Waals surface area contributed by atoms with Crippen LogP contribution in [0.5, 0.6) is 0 Å². The van der Waals surface area contributed by atoms with Crippen molar-refractivity contribution in [3.63, 3.8) is 0 Å². The van der Waals surface area contributed by atoms with Gasteiger partial charge >= 0.3 is 0 Å². The van der Waals surface area contributed by atoms with Gasteiger partial charge in [-0.15, -0.1) is 0 Å². The van der Waals surface area contributed by atoms with Crippen LogP contribution in [0, 0.1) is 5.92 Å². The van der Waals surface area contributed by atoms with Gasteiger partial charge in [-0.25, -0.2) is 0 Å². The van der Waals surface area contributed by atoms with Crippen LogP contribution in [0.4, 0.5) is 11.4 Å². The summed E-state index contributed by atoms with van der Waals surface area (Å²) in [6.45, 7) is -0.0415. The predicted molar refractivity (Wildman–Crippen MR) is 70.3 cm³/mol. The van der Waals surface area contributed by atoms with Crippen LogP contribution in [0.2, 0.25) is 0 Å². The van der Waals surface area contributed by atoms with E-state index < -0.39 is 32.7 Å². The van der Waals surface area contributed by atoms with Crippen molar-refractivity contribution in [2.24, 2.45) is 11.7 Å². The Kier molecular flexibility index (Phi) is 3.40. The van der Waals surface area contributed by atoms with Crippen LogP contribution in [0.1, 0.15) is 6.42 Å². The molecule has 1 aromatic carbocycles. The highest BCUT2D eigenvalue weighted by Gasteiger charge is 2.36. The molecule has 1 heterocycles. The van der Waals surface area contributed by atoms with Crippen molar-refractivity contribution in [1.29, 1.82) is 0 Å². The first-order chi connectivity index (χ1) is 9.20. The molecule has 1 aliphatic heterocycles. The number of rotatable bonds is 3. The Hall–Kier alpha value is -2.13. The number of benzene rings is 1. The van der Waals surface area contributed by atoms with Crippen LogP contribution in [-0.2, 0) is 19.7 Å². The van der Waals surface area contributed by atoms with E-state index in [2.05, 4.69) is 0 Å². The van der Waals surface area contributed by atoms with E-state index in [-0.39, 0.29) is 24.3 Å². The smallest absolute Gasteiger partial charge is 0.296 e. The van der Waals surface area contributed by atoms with Gasteiger partial charge in [0.05, 0.1) is 11.6 Å². The molecule has 1 aromatic rings. The van der Waals surface area contributed by atoms with Crippen LogP contribution >= 0.6 is 0 Å². The highest BCUT2D eigenvalue weighted by molar-refractivity contribution is 7.86. The Balaban J connectivity index is 2.50. The largest absolute Gasteiger partial charge is 0.399 e. The van der Waals surface area contributed by atoms with Gasteiger partial charge in [-0.3, -0.25) is 14.1 Å². The zero-order valence-electron chi connectivity index (χ0n) is 10.3. The van der Waals surface area contributed by atoms with Crippen molar-refractivity contribution in [2.75, 3.05) is 17.2 Å². The molecule has 2 amide bonds. The van der Waals surface area contributed by atoms with E-state index in [4.69, 9.17) is 11.5 Å². The molecule has 0 aromatic heterocycles. The second kappa shape index (κ2) is 4.76. The lowest BCUT2D eigenvalue weighted by molar-refractivity contribution is -0.123. The van der Waals surface area contributed by atoms with E-state index in [1.807, 2.05) is 0 Å². The maximum Gasteiger partial charge on any atom is 0.296 e. The lowest BCUT2D eigenvalue weighted by Crippen LogP contribution is -2.29. The number of hydrogen-bond acceptors (Lipinski definition) is 5. The van der Waals surface area contributed by atoms with Crippen molar-refractivity contribution < 1.29 is 22.6 Å². The Morgan fingerprint density at radius 1 is 1.40 bits per heavy atom. The van der Waals surface area contributed by atoms with Gasteiger partial charge in [0.15, 0.2) is 0 Å². The van der Waals surface area contributed by atoms with E-state index in [1.54, 1.807) is 0 Å². The standard InChI is InChI=1S/C11H13N3O5S/c12-7-1-2-9(20(17,18)19)8(4-7)14-5-6(11(13)16)3-10(14)15/h1-2,4,6H,3,5,12H2,(H2,13,16)(H,17,18,19). The number of nitrogen functional groups attached to an aromatic ring is 1. The van der Waals surface area contributed by atoms with Gasteiger partial charge in [-0.1, -0.05) is 0 Å². The lowest BCUT2D eigenvalue weighted by Gasteiger charge is -2.19. The number of nitrogens with two attached hydrogens (primary N) is 2. The Labute approximate surface area is 115 Å². The highest BCUT2D eigenvalue weighted by Crippen LogP contribution is 2.32. The van der Waals surface area contributed by atoms with Crippen LogP contribution in [-0.4, -0.2) is 31.3 Å². The summed E-state index contributed by atoms with van der Waals surface area (Å²) in [7, 11) is -4.51. The minimum atomic E-state index is -4.51. The normalized spacial score (nSPS) is 19.4. The van der Waals surface area contributed by atoms with Gasteiger partial charge in [-0.05, 0) is 18.2 Å². The summed E-state index contributed by atoms with van der Waals surface area (Å²) in [4.78, 5) is 23.7. The van der Waals surface area contributed by atoms with Gasteiger partial charge in [0.25, 0.3) is 10.1 Å². The minimum Gasteiger partial charge on any atom is -0.399 e. The highest BCUT2D eigenvalue weighted by atomic mass is 32.2. The summed E-state index contributed by atoms with van der Waals surface area (Å²) in [6, 6.07) is 3.65. The molecule has 108 valence electrons. The molecule has 0 saturated carbocycles. The van der Waals surface area contributed by atoms with Gasteiger partial charge < -0.3 is 16.4 Å². The molecule has 0 aliphatic carbocycles. The molecule has 0 spiro atoms. The van der Waals surface area contributed by atoms with E-state index in [1.165, 1.54) is 12.1 Å². The third-order valence-electron chi connectivity index (χ3n) is 3.08. The Morgan fingerprint density at radius 3 is 2.55 bits per heavy atom. The molecule has 1 saturated heterocycles. The fourth-order valence-electron chi connectivity index (χ4n) is 2.09. The van der Waals surface area contributed by atoms with E-state index in [0.717, 1.165) is 11.0 Å². The monoisotopic (exact) mass is 299 g/mol. The molecule has 1 atom stereocenters. The molecule has 20 heavy (non-hydrogen) atoms. The summed E-state index contributed by atoms with van der Waals surface area (Å²) in [6.07, 6.45) is -0.102. The number of nitrogens with zero attached hydrogens (tertiary/aromatic N) is 1. The topological polar surface area (TPSA) is 144 Å². The molecular formula is C11H13N3O5S. The number of anilines is 2. The van der Waals surface area contributed by atoms with Crippen molar-refractivity contribution in [1.82, 2.24) is 0 Å². The second-order valence-electron chi connectivity index (χ2n) is 4.51. The molecule has 1 unspecified atom stereocenters. The van der Waals surface area contributed by atoms with E-state index >= 15 is 0 Å². The second-order valence-corrected chi connectivity index (χ2v) is 5.90. The van der Waals surface area contributed by atoms with Crippen LogP contribution in [0.3, 0.4) is 0 Å². The fraction of sp³-hybridized carbons (Fsp3) is 0.273. The summed E-state index contributed by atoms with van der Waals surface area (Å²) in [5.41, 5.74) is 10.9. The Bertz CT molecular complexity index is 685. The average Bonchev–Trinajstić information content (AvgIpc) is 2.69. The first kappa shape index (κ1) is 14.3. The molecule has 5 N–H and O–H groups in total. The van der Waals surface area contributed by atoms with Gasteiger partial charge in [-0.2, -0.15) is 8.42 Å². The van der Waals surface area contributed by atoms with Crippen LogP contribution in [0.25, 0.3) is 0 Å². The minimum absolute atomic E-state index is 0.0415. The number of amides is 2. The van der Waals surface area contributed by atoms with E-state index in [0.29, 0.717) is 0 Å². The van der Waals surface area contributed by atoms with Crippen molar-refractivity contribution in [3.05, 3.63) is 18.2 Å². The first-order valence-corrected chi connectivity index (χ1v) is 7.11. The lowest BCUT2D eigenvalue weighted by atomic mass is 10.1. The average molecular weight is 299 g/mol. The predicted octanol–water partition coefficient (Wildman–Crippen LogP) is -0.646. The third-order valence-corrected chi connectivity index (χ3v) is 3.98. The summed E-state index contributed by atoms with van der Waals surface area (Å²) in [5.74, 6) is -1.79. The van der Waals surface area contributed by atoms with E-state index in [9.17, 15) is 22.6 Å². The molecule has 1 fully saturated rings. The van der Waals surface area contributed by atoms with Gasteiger partial charge in [0.1, 0.15) is 4.90 Å². The zero-order chi connectivity index (χ0) is 15.1. The van der Waals surface area contributed by atoms with Crippen LogP contribution < -0.4 is 16.4 Å². The van der Waals surface area contributed by atoms with Gasteiger partial charge in [0, 0.05) is 18.7 Å². The molecular weight excluding hydrogens is 286 g/mol. The maximum absolute atomic E-state index is 11.9. The number of primary amides is 1. The molecule has 8 nitrogen and oxygen atoms in total. The zero-order valence-corrected chi connectivity index (χ0v) is 11.1. The van der Waals surface area contributed by atoms with Crippen molar-refractivity contribution in [2.45, 2.75) is 11.3 Å². The third kappa shape index (κ3) is 2.58. The number of hydrogen-bond donors (Lipinski definition) is 3. The molecule has 0 bridgehead atoms. The Morgan fingerprint density at radius 2 is 2.05 bits per heavy atom. The molecule has 1 aliphatic rings. The number of carbonyl (C=O) groups excluding carboxylic acids is 2. The summed E-state index contributed by atoms with van der Waals surface area (Å²) in [5, 5.41) is 0. The maximum atomic E-state index is 11.9. The summed E-state index contributed by atoms with van der Waals surface area (Å²) < 4.78 is 31.8. The van der Waals surface area contributed by atoms with Crippen molar-refractivity contribution >= 4 is 33.3 Å². The quantitative estimate of drug-likeness (QED) is 0.500. The first-order valence-electron chi connectivity index (χ1n) is 5.67. The summed E-state index contributed by atoms with van der Waals surface area (Å²) >= 11 is 0. The van der Waals surface area contributed by atoms with Gasteiger partial charge in [0.2, 0.25) is 11.8 Å². The molecule has 0 radical (unpaired) electrons. The van der Waals surface area contributed by atoms with Crippen LogP contribution in [0.15, 0.2) is 23.1 Å². The molecule has 9 heteroatoms. The van der Waals surface area contributed by atoms with Crippen molar-refractivity contribution in [3.8, 4) is 0 Å².